The van der Waals surface area contributed by atoms with Crippen LogP contribution >= 0.6 is 0 Å². The largest absolute Gasteiger partial charge is 0.291 e. The van der Waals surface area contributed by atoms with Crippen molar-refractivity contribution in [3.05, 3.63) is 164 Å². The summed E-state index contributed by atoms with van der Waals surface area (Å²) in [5.41, 5.74) is 8.42. The molecule has 45 heavy (non-hydrogen) atoms. The Labute approximate surface area is 260 Å². The van der Waals surface area contributed by atoms with E-state index in [1.54, 1.807) is 0 Å². The van der Waals surface area contributed by atoms with Gasteiger partial charge in [-0.2, -0.15) is 0 Å². The van der Waals surface area contributed by atoms with Gasteiger partial charge >= 0.3 is 0 Å². The SMILES string of the molecule is c1ccc(-n2c(-c3cccc(-c4c5ccccc5c(-c5ccc6ccccc6c5)c5ccccc45)n3)nc3ccccc32)cc1. The molecule has 0 atom stereocenters. The van der Waals surface area contributed by atoms with Gasteiger partial charge in [0, 0.05) is 11.3 Å². The molecule has 0 aliphatic heterocycles. The maximum Gasteiger partial charge on any atom is 0.164 e. The van der Waals surface area contributed by atoms with Crippen LogP contribution in [0.25, 0.3) is 82.9 Å². The average molecular weight is 574 g/mol. The molecule has 0 fully saturated rings. The van der Waals surface area contributed by atoms with E-state index in [2.05, 4.69) is 156 Å². The van der Waals surface area contributed by atoms with E-state index in [-0.39, 0.29) is 0 Å². The molecule has 0 unspecified atom stereocenters. The molecule has 0 aliphatic rings. The molecule has 9 aromatic rings. The number of pyridine rings is 1. The molecule has 2 aromatic heterocycles. The van der Waals surface area contributed by atoms with E-state index in [1.807, 2.05) is 12.1 Å². The molecule has 0 bridgehead atoms. The van der Waals surface area contributed by atoms with E-state index < -0.39 is 0 Å². The van der Waals surface area contributed by atoms with Crippen LogP contribution in [-0.4, -0.2) is 14.5 Å². The summed E-state index contributed by atoms with van der Waals surface area (Å²) in [6.45, 7) is 0. The van der Waals surface area contributed by atoms with Gasteiger partial charge in [0.2, 0.25) is 0 Å². The Morgan fingerprint density at radius 1 is 0.400 bits per heavy atom. The summed E-state index contributed by atoms with van der Waals surface area (Å²) in [6.07, 6.45) is 0. The minimum atomic E-state index is 0.825. The van der Waals surface area contributed by atoms with Crippen molar-refractivity contribution in [2.75, 3.05) is 0 Å². The first-order valence-corrected chi connectivity index (χ1v) is 15.3. The number of imidazole rings is 1. The number of nitrogens with zero attached hydrogens (tertiary/aromatic N) is 3. The third kappa shape index (κ3) is 4.13. The van der Waals surface area contributed by atoms with Crippen LogP contribution in [-0.2, 0) is 0 Å². The summed E-state index contributed by atoms with van der Waals surface area (Å²) < 4.78 is 2.21. The molecule has 7 aromatic carbocycles. The van der Waals surface area contributed by atoms with Crippen molar-refractivity contribution in [1.82, 2.24) is 14.5 Å². The van der Waals surface area contributed by atoms with Crippen LogP contribution in [0.4, 0.5) is 0 Å². The second kappa shape index (κ2) is 10.3. The Morgan fingerprint density at radius 3 is 1.76 bits per heavy atom. The second-order valence-corrected chi connectivity index (χ2v) is 11.4. The van der Waals surface area contributed by atoms with Crippen LogP contribution < -0.4 is 0 Å². The van der Waals surface area contributed by atoms with Gasteiger partial charge in [0.25, 0.3) is 0 Å². The Balaban J connectivity index is 1.31. The molecule has 0 aliphatic carbocycles. The van der Waals surface area contributed by atoms with Crippen LogP contribution in [0.2, 0.25) is 0 Å². The number of benzene rings is 7. The number of fused-ring (bicyclic) bond motifs is 4. The predicted molar refractivity (Wildman–Crippen MR) is 188 cm³/mol. The molecule has 0 spiro atoms. The van der Waals surface area contributed by atoms with Crippen molar-refractivity contribution < 1.29 is 0 Å². The molecule has 3 nitrogen and oxygen atoms in total. The highest BCUT2D eigenvalue weighted by Gasteiger charge is 2.20. The van der Waals surface area contributed by atoms with E-state index in [0.717, 1.165) is 39.5 Å². The second-order valence-electron chi connectivity index (χ2n) is 11.4. The zero-order valence-electron chi connectivity index (χ0n) is 24.4. The number of para-hydroxylation sites is 3. The van der Waals surface area contributed by atoms with Crippen LogP contribution in [0.3, 0.4) is 0 Å². The van der Waals surface area contributed by atoms with Gasteiger partial charge < -0.3 is 0 Å². The van der Waals surface area contributed by atoms with Crippen LogP contribution in [0.15, 0.2) is 164 Å². The first kappa shape index (κ1) is 25.4. The monoisotopic (exact) mass is 573 g/mol. The van der Waals surface area contributed by atoms with E-state index >= 15 is 0 Å². The molecular weight excluding hydrogens is 546 g/mol. The summed E-state index contributed by atoms with van der Waals surface area (Å²) in [5, 5.41) is 7.27. The van der Waals surface area contributed by atoms with Gasteiger partial charge in [-0.1, -0.05) is 121 Å². The first-order valence-electron chi connectivity index (χ1n) is 15.3. The molecule has 0 radical (unpaired) electrons. The van der Waals surface area contributed by atoms with Crippen molar-refractivity contribution in [3.8, 4) is 39.6 Å². The predicted octanol–water partition coefficient (Wildman–Crippen LogP) is 10.9. The molecule has 210 valence electrons. The highest BCUT2D eigenvalue weighted by Crippen LogP contribution is 2.44. The maximum atomic E-state index is 5.35. The molecule has 0 saturated carbocycles. The lowest BCUT2D eigenvalue weighted by Gasteiger charge is -2.18. The molecule has 0 amide bonds. The van der Waals surface area contributed by atoms with Crippen LogP contribution in [0.1, 0.15) is 0 Å². The standard InChI is InChI=1S/C42H27N3/c1-2-15-31(16-3-1)45-39-24-11-10-21-36(39)44-42(45)38-23-12-22-37(43-38)41-34-19-8-6-17-32(34)40(33-18-7-9-20-35(33)41)30-26-25-28-13-4-5-14-29(28)27-30/h1-27H. The smallest absolute Gasteiger partial charge is 0.164 e. The van der Waals surface area contributed by atoms with E-state index in [1.165, 1.54) is 43.4 Å². The van der Waals surface area contributed by atoms with E-state index in [9.17, 15) is 0 Å². The Bertz CT molecular complexity index is 2490. The van der Waals surface area contributed by atoms with Crippen LogP contribution in [0.5, 0.6) is 0 Å². The first-order chi connectivity index (χ1) is 22.3. The number of hydrogen-bond acceptors (Lipinski definition) is 2. The quantitative estimate of drug-likeness (QED) is 0.196. The zero-order valence-corrected chi connectivity index (χ0v) is 24.4. The fourth-order valence-corrected chi connectivity index (χ4v) is 6.79. The Morgan fingerprint density at radius 2 is 1.00 bits per heavy atom. The van der Waals surface area contributed by atoms with Crippen molar-refractivity contribution in [3.63, 3.8) is 0 Å². The molecule has 2 heterocycles. The summed E-state index contributed by atoms with van der Waals surface area (Å²) >= 11 is 0. The van der Waals surface area contributed by atoms with Crippen LogP contribution in [0, 0.1) is 0 Å². The lowest BCUT2D eigenvalue weighted by molar-refractivity contribution is 1.08. The minimum Gasteiger partial charge on any atom is -0.291 e. The zero-order chi connectivity index (χ0) is 29.7. The van der Waals surface area contributed by atoms with Gasteiger partial charge in [0.15, 0.2) is 5.82 Å². The minimum absolute atomic E-state index is 0.825. The van der Waals surface area contributed by atoms with Crippen molar-refractivity contribution in [1.29, 1.82) is 0 Å². The van der Waals surface area contributed by atoms with E-state index in [0.29, 0.717) is 0 Å². The summed E-state index contributed by atoms with van der Waals surface area (Å²) in [4.78, 5) is 10.5. The fraction of sp³-hybridized carbons (Fsp3) is 0. The lowest BCUT2D eigenvalue weighted by atomic mass is 9.86. The number of rotatable bonds is 4. The van der Waals surface area contributed by atoms with Gasteiger partial charge in [-0.25, -0.2) is 9.97 Å². The van der Waals surface area contributed by atoms with Crippen molar-refractivity contribution >= 4 is 43.4 Å². The normalized spacial score (nSPS) is 11.6. The molecular formula is C42H27N3. The summed E-state index contributed by atoms with van der Waals surface area (Å²) in [5.74, 6) is 0.825. The number of aromatic nitrogens is 3. The molecule has 3 heteroatoms. The maximum absolute atomic E-state index is 5.35. The highest BCUT2D eigenvalue weighted by molar-refractivity contribution is 6.21. The molecule has 0 saturated heterocycles. The van der Waals surface area contributed by atoms with Gasteiger partial charge in [-0.05, 0) is 85.9 Å². The van der Waals surface area contributed by atoms with Gasteiger partial charge in [0.05, 0.1) is 16.7 Å². The average Bonchev–Trinajstić information content (AvgIpc) is 3.51. The molecule has 9 rings (SSSR count). The third-order valence-electron chi connectivity index (χ3n) is 8.78. The fourth-order valence-electron chi connectivity index (χ4n) is 6.79. The topological polar surface area (TPSA) is 30.7 Å². The lowest BCUT2D eigenvalue weighted by Crippen LogP contribution is -1.99. The summed E-state index contributed by atoms with van der Waals surface area (Å²) in [6, 6.07) is 57.8. The van der Waals surface area contributed by atoms with Crippen molar-refractivity contribution in [2.45, 2.75) is 0 Å². The number of hydrogen-bond donors (Lipinski definition) is 0. The van der Waals surface area contributed by atoms with E-state index in [4.69, 9.17) is 9.97 Å². The molecule has 0 N–H and O–H groups in total. The van der Waals surface area contributed by atoms with Gasteiger partial charge in [-0.3, -0.25) is 4.57 Å². The van der Waals surface area contributed by atoms with Crippen molar-refractivity contribution in [2.24, 2.45) is 0 Å². The van der Waals surface area contributed by atoms with Gasteiger partial charge in [0.1, 0.15) is 5.69 Å². The third-order valence-corrected chi connectivity index (χ3v) is 8.78. The highest BCUT2D eigenvalue weighted by atomic mass is 15.1. The Hall–Kier alpha value is -6.06. The summed E-state index contributed by atoms with van der Waals surface area (Å²) in [7, 11) is 0. The Kier molecular flexibility index (Phi) is 5.82. The van der Waals surface area contributed by atoms with Gasteiger partial charge in [-0.15, -0.1) is 0 Å².